The van der Waals surface area contributed by atoms with Gasteiger partial charge in [-0.3, -0.25) is 4.79 Å². The highest BCUT2D eigenvalue weighted by Crippen LogP contribution is 2.32. The molecule has 0 aromatic heterocycles. The molecule has 2 rings (SSSR count). The molecular weight excluding hydrogens is 290 g/mol. The average molecular weight is 317 g/mol. The minimum atomic E-state index is -3.44. The zero-order chi connectivity index (χ0) is 15.3. The summed E-state index contributed by atoms with van der Waals surface area (Å²) in [6.07, 6.45) is 9.56. The van der Waals surface area contributed by atoms with E-state index < -0.39 is 21.2 Å². The summed E-state index contributed by atoms with van der Waals surface area (Å²) in [5.74, 6) is -0.887. The first-order chi connectivity index (χ1) is 10.0. The van der Waals surface area contributed by atoms with Crippen LogP contribution in [0.5, 0.6) is 0 Å². The number of esters is 1. The Kier molecular flexibility index (Phi) is 6.05. The van der Waals surface area contributed by atoms with Crippen LogP contribution in [-0.2, 0) is 19.6 Å². The Labute approximate surface area is 127 Å². The molecule has 2 atom stereocenters. The summed E-state index contributed by atoms with van der Waals surface area (Å²) in [7, 11) is -2.12. The maximum Gasteiger partial charge on any atom is 0.310 e. The van der Waals surface area contributed by atoms with Gasteiger partial charge in [-0.25, -0.2) is 13.1 Å². The zero-order valence-electron chi connectivity index (χ0n) is 12.8. The van der Waals surface area contributed by atoms with Gasteiger partial charge in [0.25, 0.3) is 0 Å². The summed E-state index contributed by atoms with van der Waals surface area (Å²) in [4.78, 5) is 11.7. The van der Waals surface area contributed by atoms with Crippen LogP contribution in [0.25, 0.3) is 0 Å². The third-order valence-electron chi connectivity index (χ3n) is 4.79. The van der Waals surface area contributed by atoms with E-state index in [0.717, 1.165) is 32.1 Å². The van der Waals surface area contributed by atoms with Crippen molar-refractivity contribution < 1.29 is 17.9 Å². The predicted molar refractivity (Wildman–Crippen MR) is 81.3 cm³/mol. The van der Waals surface area contributed by atoms with E-state index >= 15 is 0 Å². The number of nitrogens with one attached hydrogen (secondary N) is 1. The molecule has 2 aliphatic carbocycles. The van der Waals surface area contributed by atoms with Crippen molar-refractivity contribution in [1.29, 1.82) is 0 Å². The van der Waals surface area contributed by atoms with E-state index in [1.165, 1.54) is 26.4 Å². The third kappa shape index (κ3) is 4.42. The minimum Gasteiger partial charge on any atom is -0.469 e. The van der Waals surface area contributed by atoms with Crippen molar-refractivity contribution in [3.63, 3.8) is 0 Å². The Bertz CT molecular complexity index is 441. The Balaban J connectivity index is 2.01. The van der Waals surface area contributed by atoms with Gasteiger partial charge in [0.15, 0.2) is 0 Å². The summed E-state index contributed by atoms with van der Waals surface area (Å²) in [5, 5.41) is -0.615. The first-order valence-electron chi connectivity index (χ1n) is 8.13. The van der Waals surface area contributed by atoms with Gasteiger partial charge >= 0.3 is 5.97 Å². The SMILES string of the molecule is COC(=O)C1CCCC1S(=O)(=O)NC1CCCCCCC1. The summed E-state index contributed by atoms with van der Waals surface area (Å²) in [5.41, 5.74) is 0. The van der Waals surface area contributed by atoms with Crippen molar-refractivity contribution in [2.45, 2.75) is 75.5 Å². The van der Waals surface area contributed by atoms with Crippen LogP contribution in [0, 0.1) is 5.92 Å². The summed E-state index contributed by atoms with van der Waals surface area (Å²) >= 11 is 0. The molecule has 0 aromatic rings. The maximum absolute atomic E-state index is 12.6. The molecule has 2 aliphatic rings. The molecule has 122 valence electrons. The van der Waals surface area contributed by atoms with Crippen molar-refractivity contribution >= 4 is 16.0 Å². The van der Waals surface area contributed by atoms with Gasteiger partial charge in [-0.2, -0.15) is 0 Å². The van der Waals surface area contributed by atoms with Crippen molar-refractivity contribution in [3.05, 3.63) is 0 Å². The van der Waals surface area contributed by atoms with Crippen molar-refractivity contribution in [1.82, 2.24) is 4.72 Å². The van der Waals surface area contributed by atoms with Crippen molar-refractivity contribution in [3.8, 4) is 0 Å². The molecule has 21 heavy (non-hydrogen) atoms. The lowest BCUT2D eigenvalue weighted by atomic mass is 9.97. The molecule has 0 radical (unpaired) electrons. The van der Waals surface area contributed by atoms with Gasteiger partial charge in [-0.05, 0) is 25.7 Å². The fourth-order valence-electron chi connectivity index (χ4n) is 3.61. The Morgan fingerprint density at radius 2 is 1.57 bits per heavy atom. The number of carbonyl (C=O) groups is 1. The third-order valence-corrected chi connectivity index (χ3v) is 6.81. The van der Waals surface area contributed by atoms with Crippen LogP contribution in [0.1, 0.15) is 64.2 Å². The average Bonchev–Trinajstić information content (AvgIpc) is 2.91. The van der Waals surface area contributed by atoms with Crippen LogP contribution in [0.15, 0.2) is 0 Å². The van der Waals surface area contributed by atoms with Crippen LogP contribution in [0.4, 0.5) is 0 Å². The number of ether oxygens (including phenoxy) is 1. The van der Waals surface area contributed by atoms with Gasteiger partial charge in [0, 0.05) is 6.04 Å². The quantitative estimate of drug-likeness (QED) is 0.808. The van der Waals surface area contributed by atoms with Gasteiger partial charge < -0.3 is 4.74 Å². The van der Waals surface area contributed by atoms with Gasteiger partial charge in [-0.1, -0.05) is 38.5 Å². The minimum absolute atomic E-state index is 0.0363. The van der Waals surface area contributed by atoms with Gasteiger partial charge in [-0.15, -0.1) is 0 Å². The molecular formula is C15H27NO4S. The van der Waals surface area contributed by atoms with E-state index in [2.05, 4.69) is 4.72 Å². The highest BCUT2D eigenvalue weighted by molar-refractivity contribution is 7.90. The molecule has 0 spiro atoms. The normalized spacial score (nSPS) is 28.8. The van der Waals surface area contributed by atoms with Crippen LogP contribution in [0.2, 0.25) is 0 Å². The van der Waals surface area contributed by atoms with E-state index in [1.807, 2.05) is 0 Å². The molecule has 2 fully saturated rings. The monoisotopic (exact) mass is 317 g/mol. The summed E-state index contributed by atoms with van der Waals surface area (Å²) in [6, 6.07) is 0.0363. The highest BCUT2D eigenvalue weighted by atomic mass is 32.2. The number of rotatable bonds is 4. The summed E-state index contributed by atoms with van der Waals surface area (Å²) < 4.78 is 32.9. The van der Waals surface area contributed by atoms with E-state index in [9.17, 15) is 13.2 Å². The topological polar surface area (TPSA) is 72.5 Å². The maximum atomic E-state index is 12.6. The fraction of sp³-hybridized carbons (Fsp3) is 0.933. The van der Waals surface area contributed by atoms with E-state index in [-0.39, 0.29) is 12.0 Å². The molecule has 0 amide bonds. The first kappa shape index (κ1) is 16.7. The molecule has 0 aliphatic heterocycles. The lowest BCUT2D eigenvalue weighted by molar-refractivity contribution is -0.145. The number of methoxy groups -OCH3 is 1. The highest BCUT2D eigenvalue weighted by Gasteiger charge is 2.42. The Morgan fingerprint density at radius 3 is 2.19 bits per heavy atom. The van der Waals surface area contributed by atoms with Gasteiger partial charge in [0.1, 0.15) is 0 Å². The van der Waals surface area contributed by atoms with Gasteiger partial charge in [0.05, 0.1) is 18.3 Å². The lowest BCUT2D eigenvalue weighted by Gasteiger charge is -2.25. The smallest absolute Gasteiger partial charge is 0.310 e. The largest absolute Gasteiger partial charge is 0.469 e. The number of carbonyl (C=O) groups excluding carboxylic acids is 1. The van der Waals surface area contributed by atoms with Gasteiger partial charge in [0.2, 0.25) is 10.0 Å². The molecule has 0 aromatic carbocycles. The molecule has 0 bridgehead atoms. The number of hydrogen-bond donors (Lipinski definition) is 1. The second-order valence-electron chi connectivity index (χ2n) is 6.30. The van der Waals surface area contributed by atoms with Crippen LogP contribution < -0.4 is 4.72 Å². The molecule has 2 saturated carbocycles. The predicted octanol–water partition coefficient (Wildman–Crippen LogP) is 2.36. The second-order valence-corrected chi connectivity index (χ2v) is 8.24. The molecule has 0 saturated heterocycles. The van der Waals surface area contributed by atoms with Crippen molar-refractivity contribution in [2.24, 2.45) is 5.92 Å². The molecule has 5 nitrogen and oxygen atoms in total. The van der Waals surface area contributed by atoms with E-state index in [0.29, 0.717) is 12.8 Å². The van der Waals surface area contributed by atoms with Crippen molar-refractivity contribution in [2.75, 3.05) is 7.11 Å². The first-order valence-corrected chi connectivity index (χ1v) is 9.68. The standard InChI is InChI=1S/C15H27NO4S/c1-20-15(17)13-10-7-11-14(13)21(18,19)16-12-8-5-3-2-4-6-9-12/h12-14,16H,2-11H2,1H3. The second kappa shape index (κ2) is 7.58. The molecule has 6 heteroatoms. The molecule has 1 N–H and O–H groups in total. The van der Waals surface area contributed by atoms with Crippen LogP contribution >= 0.6 is 0 Å². The molecule has 0 heterocycles. The van der Waals surface area contributed by atoms with Crippen LogP contribution in [0.3, 0.4) is 0 Å². The zero-order valence-corrected chi connectivity index (χ0v) is 13.7. The van der Waals surface area contributed by atoms with E-state index in [1.54, 1.807) is 0 Å². The lowest BCUT2D eigenvalue weighted by Crippen LogP contribution is -2.44. The number of sulfonamides is 1. The Hall–Kier alpha value is -0.620. The summed E-state index contributed by atoms with van der Waals surface area (Å²) in [6.45, 7) is 0. The number of hydrogen-bond acceptors (Lipinski definition) is 4. The Morgan fingerprint density at radius 1 is 0.952 bits per heavy atom. The molecule has 2 unspecified atom stereocenters. The van der Waals surface area contributed by atoms with E-state index in [4.69, 9.17) is 4.74 Å². The fourth-order valence-corrected chi connectivity index (χ4v) is 5.64. The van der Waals surface area contributed by atoms with Crippen LogP contribution in [-0.4, -0.2) is 32.8 Å².